The molecule has 0 saturated heterocycles. The first kappa shape index (κ1) is 11.9. The van der Waals surface area contributed by atoms with Gasteiger partial charge in [-0.15, -0.1) is 10.2 Å². The summed E-state index contributed by atoms with van der Waals surface area (Å²) in [6.07, 6.45) is 3.72. The molecule has 1 aromatic carbocycles. The van der Waals surface area contributed by atoms with Gasteiger partial charge in [0, 0.05) is 22.5 Å². The molecule has 0 N–H and O–H groups in total. The molecule has 0 saturated carbocycles. The van der Waals surface area contributed by atoms with Gasteiger partial charge in [0.1, 0.15) is 5.82 Å². The molecule has 0 fully saturated rings. The van der Waals surface area contributed by atoms with Crippen molar-refractivity contribution in [3.63, 3.8) is 0 Å². The molecule has 2 heterocycles. The van der Waals surface area contributed by atoms with Crippen LogP contribution in [0.3, 0.4) is 0 Å². The monoisotopic (exact) mass is 305 g/mol. The summed E-state index contributed by atoms with van der Waals surface area (Å²) in [5.41, 5.74) is 1.14. The van der Waals surface area contributed by atoms with Crippen molar-refractivity contribution in [2.75, 3.05) is 0 Å². The lowest BCUT2D eigenvalue weighted by Crippen LogP contribution is -2.05. The number of halogens is 1. The smallest absolute Gasteiger partial charge is 0.163 e. The first-order chi connectivity index (χ1) is 8.75. The van der Waals surface area contributed by atoms with Crippen LogP contribution in [-0.2, 0) is 6.54 Å². The molecule has 3 rings (SSSR count). The lowest BCUT2D eigenvalue weighted by atomic mass is 10.1. The van der Waals surface area contributed by atoms with Crippen molar-refractivity contribution in [2.24, 2.45) is 0 Å². The van der Waals surface area contributed by atoms with Crippen LogP contribution in [0.15, 0.2) is 28.7 Å². The van der Waals surface area contributed by atoms with E-state index in [1.165, 1.54) is 19.3 Å². The Bertz CT molecular complexity index is 545. The normalized spacial score (nSPS) is 19.3. The molecule has 94 valence electrons. The maximum absolute atomic E-state index is 4.40. The van der Waals surface area contributed by atoms with Crippen LogP contribution in [0.25, 0.3) is 11.4 Å². The minimum Gasteiger partial charge on any atom is -0.311 e. The quantitative estimate of drug-likeness (QED) is 0.797. The fourth-order valence-corrected chi connectivity index (χ4v) is 2.83. The molecule has 0 spiro atoms. The molecule has 0 unspecified atom stereocenters. The molecule has 0 amide bonds. The van der Waals surface area contributed by atoms with Gasteiger partial charge >= 0.3 is 0 Å². The van der Waals surface area contributed by atoms with Crippen LogP contribution in [0.4, 0.5) is 0 Å². The first-order valence-electron chi connectivity index (χ1n) is 6.45. The number of benzene rings is 1. The minimum absolute atomic E-state index is 0.518. The van der Waals surface area contributed by atoms with Gasteiger partial charge in [-0.2, -0.15) is 0 Å². The van der Waals surface area contributed by atoms with E-state index in [2.05, 4.69) is 61.9 Å². The van der Waals surface area contributed by atoms with E-state index < -0.39 is 0 Å². The number of aromatic nitrogens is 3. The van der Waals surface area contributed by atoms with Crippen molar-refractivity contribution in [2.45, 2.75) is 38.6 Å². The van der Waals surface area contributed by atoms with Crippen molar-refractivity contribution in [3.05, 3.63) is 34.6 Å². The van der Waals surface area contributed by atoms with Crippen molar-refractivity contribution >= 4 is 15.9 Å². The third-order valence-electron chi connectivity index (χ3n) is 3.59. The minimum atomic E-state index is 0.518. The van der Waals surface area contributed by atoms with Gasteiger partial charge in [-0.1, -0.05) is 41.4 Å². The van der Waals surface area contributed by atoms with Gasteiger partial charge in [0.15, 0.2) is 5.82 Å². The van der Waals surface area contributed by atoms with E-state index >= 15 is 0 Å². The average Bonchev–Trinajstić information content (AvgIpc) is 2.71. The predicted octanol–water partition coefficient (Wildman–Crippen LogP) is 4.00. The molecule has 1 aliphatic heterocycles. The van der Waals surface area contributed by atoms with Crippen molar-refractivity contribution in [1.82, 2.24) is 14.8 Å². The first-order valence-corrected chi connectivity index (χ1v) is 7.24. The zero-order valence-electron chi connectivity index (χ0n) is 10.4. The van der Waals surface area contributed by atoms with E-state index in [1.807, 2.05) is 0 Å². The Balaban J connectivity index is 2.06. The number of hydrogen-bond acceptors (Lipinski definition) is 2. The Morgan fingerprint density at radius 2 is 1.94 bits per heavy atom. The van der Waals surface area contributed by atoms with Crippen LogP contribution in [0, 0.1) is 0 Å². The number of hydrogen-bond donors (Lipinski definition) is 0. The fraction of sp³-hybridized carbons (Fsp3) is 0.429. The molecule has 0 aliphatic carbocycles. The lowest BCUT2D eigenvalue weighted by Gasteiger charge is -2.09. The second kappa shape index (κ2) is 4.84. The van der Waals surface area contributed by atoms with Crippen LogP contribution >= 0.6 is 15.9 Å². The predicted molar refractivity (Wildman–Crippen MR) is 75.4 cm³/mol. The van der Waals surface area contributed by atoms with Gasteiger partial charge in [-0.3, -0.25) is 0 Å². The highest BCUT2D eigenvalue weighted by Gasteiger charge is 2.20. The highest BCUT2D eigenvalue weighted by Crippen LogP contribution is 2.29. The molecule has 4 heteroatoms. The lowest BCUT2D eigenvalue weighted by molar-refractivity contribution is 0.618. The maximum atomic E-state index is 4.40. The Morgan fingerprint density at radius 3 is 2.72 bits per heavy atom. The van der Waals surface area contributed by atoms with Gasteiger partial charge in [-0.25, -0.2) is 0 Å². The van der Waals surface area contributed by atoms with Crippen molar-refractivity contribution in [3.8, 4) is 11.4 Å². The van der Waals surface area contributed by atoms with Crippen LogP contribution < -0.4 is 0 Å². The van der Waals surface area contributed by atoms with Crippen molar-refractivity contribution in [1.29, 1.82) is 0 Å². The van der Waals surface area contributed by atoms with Crippen LogP contribution in [0.2, 0.25) is 0 Å². The molecule has 18 heavy (non-hydrogen) atoms. The standard InChI is InChI=1S/C14H16BrN3/c1-10-4-2-3-9-18-13(10)16-17-14(18)11-5-7-12(15)8-6-11/h5-8,10H,2-4,9H2,1H3/t10-/m0/s1. The second-order valence-corrected chi connectivity index (χ2v) is 5.85. The van der Waals surface area contributed by atoms with E-state index in [9.17, 15) is 0 Å². The number of rotatable bonds is 1. The summed E-state index contributed by atoms with van der Waals surface area (Å²) in [6, 6.07) is 8.29. The zero-order valence-corrected chi connectivity index (χ0v) is 12.0. The molecule has 1 aromatic heterocycles. The van der Waals surface area contributed by atoms with E-state index in [4.69, 9.17) is 0 Å². The largest absolute Gasteiger partial charge is 0.311 e. The average molecular weight is 306 g/mol. The van der Waals surface area contributed by atoms with E-state index in [-0.39, 0.29) is 0 Å². The van der Waals surface area contributed by atoms with Gasteiger partial charge in [-0.05, 0) is 25.0 Å². The summed E-state index contributed by atoms with van der Waals surface area (Å²) in [5.74, 6) is 2.67. The Labute approximate surface area is 115 Å². The Hall–Kier alpha value is -1.16. The molecule has 1 atom stereocenters. The second-order valence-electron chi connectivity index (χ2n) is 4.94. The van der Waals surface area contributed by atoms with Gasteiger partial charge in [0.05, 0.1) is 0 Å². The molecule has 3 nitrogen and oxygen atoms in total. The highest BCUT2D eigenvalue weighted by atomic mass is 79.9. The molecular weight excluding hydrogens is 290 g/mol. The van der Waals surface area contributed by atoms with Gasteiger partial charge < -0.3 is 4.57 Å². The SMILES string of the molecule is C[C@H]1CCCCn2c(-c3ccc(Br)cc3)nnc21. The molecule has 0 radical (unpaired) electrons. The summed E-state index contributed by atoms with van der Waals surface area (Å²) in [6.45, 7) is 3.29. The third-order valence-corrected chi connectivity index (χ3v) is 4.12. The summed E-state index contributed by atoms with van der Waals surface area (Å²) in [5, 5.41) is 8.79. The Morgan fingerprint density at radius 1 is 1.17 bits per heavy atom. The number of fused-ring (bicyclic) bond motifs is 1. The zero-order chi connectivity index (χ0) is 12.5. The van der Waals surface area contributed by atoms with E-state index in [1.54, 1.807) is 0 Å². The van der Waals surface area contributed by atoms with E-state index in [0.717, 1.165) is 28.2 Å². The van der Waals surface area contributed by atoms with E-state index in [0.29, 0.717) is 5.92 Å². The number of nitrogens with zero attached hydrogens (tertiary/aromatic N) is 3. The van der Waals surface area contributed by atoms with Crippen LogP contribution in [-0.4, -0.2) is 14.8 Å². The van der Waals surface area contributed by atoms with Crippen LogP contribution in [0.1, 0.15) is 37.9 Å². The molecule has 1 aliphatic rings. The van der Waals surface area contributed by atoms with Crippen molar-refractivity contribution < 1.29 is 0 Å². The fourth-order valence-electron chi connectivity index (χ4n) is 2.56. The molecule has 0 bridgehead atoms. The van der Waals surface area contributed by atoms with Gasteiger partial charge in [0.25, 0.3) is 0 Å². The third kappa shape index (κ3) is 2.09. The maximum Gasteiger partial charge on any atom is 0.163 e. The van der Waals surface area contributed by atoms with Gasteiger partial charge in [0.2, 0.25) is 0 Å². The topological polar surface area (TPSA) is 30.7 Å². The molecular formula is C14H16BrN3. The Kier molecular flexibility index (Phi) is 3.20. The molecule has 2 aromatic rings. The summed E-state index contributed by atoms with van der Waals surface area (Å²) in [7, 11) is 0. The van der Waals surface area contributed by atoms with Crippen LogP contribution in [0.5, 0.6) is 0 Å². The summed E-state index contributed by atoms with van der Waals surface area (Å²) < 4.78 is 3.39. The summed E-state index contributed by atoms with van der Waals surface area (Å²) >= 11 is 3.46. The highest BCUT2D eigenvalue weighted by molar-refractivity contribution is 9.10. The summed E-state index contributed by atoms with van der Waals surface area (Å²) in [4.78, 5) is 0.